The van der Waals surface area contributed by atoms with Crippen molar-refractivity contribution >= 4 is 37.7 Å². The maximum absolute atomic E-state index is 10.7. The summed E-state index contributed by atoms with van der Waals surface area (Å²) in [5.41, 5.74) is 2.39. The number of hydrogen-bond donors (Lipinski definition) is 1. The van der Waals surface area contributed by atoms with E-state index in [4.69, 9.17) is 0 Å². The first-order valence-corrected chi connectivity index (χ1v) is 9.58. The lowest BCUT2D eigenvalue weighted by atomic mass is 10.1. The molecule has 0 saturated carbocycles. The predicted molar refractivity (Wildman–Crippen MR) is 103 cm³/mol. The van der Waals surface area contributed by atoms with Crippen LogP contribution in [0.4, 0.5) is 0 Å². The molecule has 1 aliphatic rings. The van der Waals surface area contributed by atoms with Crippen LogP contribution >= 0.6 is 15.9 Å². The lowest BCUT2D eigenvalue weighted by Gasteiger charge is -2.28. The minimum Gasteiger partial charge on any atom is -0.390 e. The number of benzene rings is 2. The average Bonchev–Trinajstić information content (AvgIpc) is 2.89. The lowest BCUT2D eigenvalue weighted by molar-refractivity contribution is 0.0901. The first-order valence-electron chi connectivity index (χ1n) is 8.79. The third kappa shape index (κ3) is 3.10. The molecule has 2 heterocycles. The van der Waals surface area contributed by atoms with E-state index in [0.717, 1.165) is 24.1 Å². The van der Waals surface area contributed by atoms with E-state index >= 15 is 0 Å². The molecule has 0 radical (unpaired) electrons. The number of β-amino-alcohol motifs (C(OH)–C–C–N with tert-alkyl or cyclic N) is 1. The van der Waals surface area contributed by atoms with E-state index in [-0.39, 0.29) is 6.10 Å². The monoisotopic (exact) mass is 386 g/mol. The summed E-state index contributed by atoms with van der Waals surface area (Å²) in [5, 5.41) is 13.2. The van der Waals surface area contributed by atoms with Crippen LogP contribution in [0.5, 0.6) is 0 Å². The van der Waals surface area contributed by atoms with Crippen molar-refractivity contribution in [1.29, 1.82) is 0 Å². The fourth-order valence-corrected chi connectivity index (χ4v) is 4.29. The van der Waals surface area contributed by atoms with E-state index in [2.05, 4.69) is 67.9 Å². The van der Waals surface area contributed by atoms with Crippen molar-refractivity contribution in [1.82, 2.24) is 9.47 Å². The zero-order valence-electron chi connectivity index (χ0n) is 13.8. The second kappa shape index (κ2) is 6.87. The number of aromatic nitrogens is 1. The van der Waals surface area contributed by atoms with Gasteiger partial charge in [-0.15, -0.1) is 0 Å². The molecule has 1 atom stereocenters. The summed E-state index contributed by atoms with van der Waals surface area (Å²) in [6.07, 6.45) is 3.51. The molecular formula is C20H23BrN2O. The minimum absolute atomic E-state index is 0.342. The normalized spacial score (nSPS) is 17.6. The maximum Gasteiger partial charge on any atom is 0.0845 e. The van der Waals surface area contributed by atoms with Gasteiger partial charge in [-0.1, -0.05) is 40.5 Å². The zero-order valence-corrected chi connectivity index (χ0v) is 15.4. The summed E-state index contributed by atoms with van der Waals surface area (Å²) in [7, 11) is 0. The molecule has 1 saturated heterocycles. The van der Waals surface area contributed by atoms with Crippen molar-refractivity contribution < 1.29 is 5.11 Å². The molecule has 2 aromatic carbocycles. The molecule has 1 fully saturated rings. The number of rotatable bonds is 4. The number of para-hydroxylation sites is 1. The van der Waals surface area contributed by atoms with Gasteiger partial charge in [0.05, 0.1) is 12.6 Å². The van der Waals surface area contributed by atoms with E-state index in [0.29, 0.717) is 6.54 Å². The first-order chi connectivity index (χ1) is 11.7. The highest BCUT2D eigenvalue weighted by molar-refractivity contribution is 9.10. The number of aliphatic hydroxyl groups is 1. The van der Waals surface area contributed by atoms with Crippen LogP contribution in [0.1, 0.15) is 19.3 Å². The Hall–Kier alpha value is -1.36. The van der Waals surface area contributed by atoms with E-state index in [1.807, 2.05) is 0 Å². The zero-order chi connectivity index (χ0) is 16.5. The van der Waals surface area contributed by atoms with Gasteiger partial charge in [-0.25, -0.2) is 0 Å². The van der Waals surface area contributed by atoms with Crippen LogP contribution in [0.25, 0.3) is 21.8 Å². The summed E-state index contributed by atoms with van der Waals surface area (Å²) in [6.45, 7) is 3.65. The second-order valence-electron chi connectivity index (χ2n) is 6.80. The standard InChI is InChI=1S/C20H23BrN2O/c21-15-8-9-20-18(12-15)17-6-2-3-7-19(17)23(20)14-16(24)13-22-10-4-1-5-11-22/h2-3,6-9,12,16,24H,1,4-5,10-11,13-14H2/t16-/m0/s1. The molecule has 0 unspecified atom stereocenters. The molecule has 3 aromatic rings. The summed E-state index contributed by atoms with van der Waals surface area (Å²) in [4.78, 5) is 2.40. The van der Waals surface area contributed by atoms with Gasteiger partial charge in [-0.3, -0.25) is 0 Å². The van der Waals surface area contributed by atoms with Crippen LogP contribution in [0.2, 0.25) is 0 Å². The van der Waals surface area contributed by atoms with Crippen LogP contribution in [0.3, 0.4) is 0 Å². The number of likely N-dealkylation sites (tertiary alicyclic amines) is 1. The Labute approximate surface area is 151 Å². The van der Waals surface area contributed by atoms with Crippen LogP contribution in [0, 0.1) is 0 Å². The van der Waals surface area contributed by atoms with Crippen molar-refractivity contribution in [3.8, 4) is 0 Å². The summed E-state index contributed by atoms with van der Waals surface area (Å²) in [5.74, 6) is 0. The number of piperidine rings is 1. The second-order valence-corrected chi connectivity index (χ2v) is 7.72. The van der Waals surface area contributed by atoms with Gasteiger partial charge in [-0.2, -0.15) is 0 Å². The fraction of sp³-hybridized carbons (Fsp3) is 0.400. The molecule has 0 bridgehead atoms. The molecule has 0 spiro atoms. The van der Waals surface area contributed by atoms with Gasteiger partial charge in [0.25, 0.3) is 0 Å². The summed E-state index contributed by atoms with van der Waals surface area (Å²) in [6, 6.07) is 14.9. The number of fused-ring (bicyclic) bond motifs is 3. The van der Waals surface area contributed by atoms with E-state index in [9.17, 15) is 5.11 Å². The molecule has 1 N–H and O–H groups in total. The highest BCUT2D eigenvalue weighted by Crippen LogP contribution is 2.31. The summed E-state index contributed by atoms with van der Waals surface area (Å²) < 4.78 is 3.36. The molecule has 0 amide bonds. The topological polar surface area (TPSA) is 28.4 Å². The average molecular weight is 387 g/mol. The van der Waals surface area contributed by atoms with Crippen molar-refractivity contribution in [2.45, 2.75) is 31.9 Å². The number of nitrogens with zero attached hydrogens (tertiary/aromatic N) is 2. The first kappa shape index (κ1) is 16.1. The van der Waals surface area contributed by atoms with E-state index in [1.165, 1.54) is 41.1 Å². The number of aliphatic hydroxyl groups excluding tert-OH is 1. The quantitative estimate of drug-likeness (QED) is 0.719. The summed E-state index contributed by atoms with van der Waals surface area (Å²) >= 11 is 3.58. The van der Waals surface area contributed by atoms with Gasteiger partial charge in [-0.05, 0) is 50.2 Å². The van der Waals surface area contributed by atoms with Crippen molar-refractivity contribution in [3.63, 3.8) is 0 Å². The molecule has 4 heteroatoms. The fourth-order valence-electron chi connectivity index (χ4n) is 3.93. The van der Waals surface area contributed by atoms with Gasteiger partial charge in [0, 0.05) is 32.8 Å². The van der Waals surface area contributed by atoms with Crippen molar-refractivity contribution in [3.05, 3.63) is 46.9 Å². The Morgan fingerprint density at radius 2 is 1.67 bits per heavy atom. The Balaban J connectivity index is 1.67. The molecule has 0 aliphatic carbocycles. The lowest BCUT2D eigenvalue weighted by Crippen LogP contribution is -2.38. The third-order valence-corrected chi connectivity index (χ3v) is 5.54. The highest BCUT2D eigenvalue weighted by Gasteiger charge is 2.17. The van der Waals surface area contributed by atoms with Gasteiger partial charge in [0.1, 0.15) is 0 Å². The molecule has 3 nitrogen and oxygen atoms in total. The largest absolute Gasteiger partial charge is 0.390 e. The molecular weight excluding hydrogens is 364 g/mol. The van der Waals surface area contributed by atoms with Crippen LogP contribution in [-0.2, 0) is 6.54 Å². The predicted octanol–water partition coefficient (Wildman–Crippen LogP) is 4.40. The molecule has 1 aromatic heterocycles. The Kier molecular flexibility index (Phi) is 4.61. The van der Waals surface area contributed by atoms with Crippen LogP contribution < -0.4 is 0 Å². The van der Waals surface area contributed by atoms with Crippen LogP contribution in [-0.4, -0.2) is 40.3 Å². The van der Waals surface area contributed by atoms with Crippen molar-refractivity contribution in [2.24, 2.45) is 0 Å². The smallest absolute Gasteiger partial charge is 0.0845 e. The third-order valence-electron chi connectivity index (χ3n) is 5.05. The van der Waals surface area contributed by atoms with E-state index < -0.39 is 0 Å². The molecule has 126 valence electrons. The van der Waals surface area contributed by atoms with Crippen molar-refractivity contribution in [2.75, 3.05) is 19.6 Å². The number of halogens is 1. The van der Waals surface area contributed by atoms with Gasteiger partial charge >= 0.3 is 0 Å². The molecule has 1 aliphatic heterocycles. The Morgan fingerprint density at radius 1 is 0.917 bits per heavy atom. The van der Waals surface area contributed by atoms with Gasteiger partial charge < -0.3 is 14.6 Å². The number of hydrogen-bond acceptors (Lipinski definition) is 2. The van der Waals surface area contributed by atoms with E-state index in [1.54, 1.807) is 0 Å². The maximum atomic E-state index is 10.7. The van der Waals surface area contributed by atoms with Gasteiger partial charge in [0.15, 0.2) is 0 Å². The SMILES string of the molecule is O[C@@H](CN1CCCCC1)Cn1c2ccccc2c2cc(Br)ccc21. The minimum atomic E-state index is -0.342. The van der Waals surface area contributed by atoms with Gasteiger partial charge in [0.2, 0.25) is 0 Å². The Bertz CT molecular complexity index is 851. The molecule has 24 heavy (non-hydrogen) atoms. The molecule has 4 rings (SSSR count). The highest BCUT2D eigenvalue weighted by atomic mass is 79.9. The Morgan fingerprint density at radius 3 is 2.50 bits per heavy atom. The van der Waals surface area contributed by atoms with Crippen LogP contribution in [0.15, 0.2) is 46.9 Å².